The predicted molar refractivity (Wildman–Crippen MR) is 79.0 cm³/mol. The monoisotopic (exact) mass is 287 g/mol. The Balaban J connectivity index is 2.32. The van der Waals surface area contributed by atoms with Gasteiger partial charge in [0.25, 0.3) is 0 Å². The molecule has 5 nitrogen and oxygen atoms in total. The fraction of sp³-hybridized carbons (Fsp3) is 0.375. The van der Waals surface area contributed by atoms with Gasteiger partial charge in [-0.2, -0.15) is 0 Å². The maximum absolute atomic E-state index is 12.5. The molecule has 0 saturated carbocycles. The van der Waals surface area contributed by atoms with Gasteiger partial charge in [0, 0.05) is 6.20 Å². The molecule has 1 aromatic heterocycles. The van der Waals surface area contributed by atoms with Gasteiger partial charge in [0.2, 0.25) is 5.43 Å². The first-order chi connectivity index (χ1) is 10.2. The van der Waals surface area contributed by atoms with Gasteiger partial charge in [0.1, 0.15) is 17.9 Å². The molecular weight excluding hydrogens is 270 g/mol. The van der Waals surface area contributed by atoms with Crippen LogP contribution in [0.15, 0.2) is 29.2 Å². The average Bonchev–Trinajstić information content (AvgIpc) is 2.50. The summed E-state index contributed by atoms with van der Waals surface area (Å²) in [6, 6.07) is 5.44. The molecule has 3 rings (SSSR count). The van der Waals surface area contributed by atoms with Gasteiger partial charge in [-0.05, 0) is 25.5 Å². The van der Waals surface area contributed by atoms with E-state index in [2.05, 4.69) is 6.92 Å². The zero-order valence-electron chi connectivity index (χ0n) is 12.1. The van der Waals surface area contributed by atoms with E-state index in [-0.39, 0.29) is 23.6 Å². The highest BCUT2D eigenvalue weighted by Crippen LogP contribution is 2.32. The number of aromatic nitrogens is 1. The highest BCUT2D eigenvalue weighted by atomic mass is 16.5. The number of rotatable bonds is 3. The number of hydrogen-bond donors (Lipinski definition) is 0. The molecule has 0 radical (unpaired) electrons. The van der Waals surface area contributed by atoms with Crippen molar-refractivity contribution in [3.05, 3.63) is 40.2 Å². The predicted octanol–water partition coefficient (Wildman–Crippen LogP) is 2.52. The molecule has 0 aliphatic carbocycles. The lowest BCUT2D eigenvalue weighted by molar-refractivity contribution is 0.0523. The molecule has 0 fully saturated rings. The highest BCUT2D eigenvalue weighted by Gasteiger charge is 2.25. The summed E-state index contributed by atoms with van der Waals surface area (Å²) in [6.45, 7) is 4.56. The SMILES string of the molecule is CCOC(=O)c1cn2c3c(cccc3c1=O)OCC2CC. The van der Waals surface area contributed by atoms with Crippen LogP contribution < -0.4 is 10.2 Å². The Hall–Kier alpha value is -2.30. The van der Waals surface area contributed by atoms with Gasteiger partial charge in [-0.25, -0.2) is 4.79 Å². The van der Waals surface area contributed by atoms with Crippen LogP contribution in [-0.2, 0) is 4.74 Å². The lowest BCUT2D eigenvalue weighted by Crippen LogP contribution is -2.28. The van der Waals surface area contributed by atoms with E-state index in [0.717, 1.165) is 11.9 Å². The van der Waals surface area contributed by atoms with Gasteiger partial charge >= 0.3 is 5.97 Å². The van der Waals surface area contributed by atoms with Crippen molar-refractivity contribution in [3.63, 3.8) is 0 Å². The van der Waals surface area contributed by atoms with Crippen LogP contribution in [0, 0.1) is 0 Å². The third-order valence-corrected chi connectivity index (χ3v) is 3.81. The summed E-state index contributed by atoms with van der Waals surface area (Å²) in [5, 5.41) is 0.496. The minimum Gasteiger partial charge on any atom is -0.489 e. The van der Waals surface area contributed by atoms with Crippen LogP contribution >= 0.6 is 0 Å². The first-order valence-corrected chi connectivity index (χ1v) is 7.15. The van der Waals surface area contributed by atoms with Crippen molar-refractivity contribution in [2.45, 2.75) is 26.3 Å². The molecule has 1 atom stereocenters. The molecule has 5 heteroatoms. The summed E-state index contributed by atoms with van der Waals surface area (Å²) in [7, 11) is 0. The van der Waals surface area contributed by atoms with E-state index in [1.54, 1.807) is 25.3 Å². The summed E-state index contributed by atoms with van der Waals surface area (Å²) >= 11 is 0. The van der Waals surface area contributed by atoms with Crippen LogP contribution in [0.1, 0.15) is 36.7 Å². The zero-order valence-corrected chi connectivity index (χ0v) is 12.1. The molecule has 2 aromatic rings. The van der Waals surface area contributed by atoms with E-state index in [1.807, 2.05) is 10.6 Å². The summed E-state index contributed by atoms with van der Waals surface area (Å²) in [5.74, 6) is 0.115. The largest absolute Gasteiger partial charge is 0.489 e. The second kappa shape index (κ2) is 5.24. The number of esters is 1. The van der Waals surface area contributed by atoms with Crippen LogP contribution in [0.5, 0.6) is 5.75 Å². The maximum Gasteiger partial charge on any atom is 0.343 e. The Bertz CT molecular complexity index is 763. The number of nitrogens with zero attached hydrogens (tertiary/aromatic N) is 1. The summed E-state index contributed by atoms with van der Waals surface area (Å²) < 4.78 is 12.7. The van der Waals surface area contributed by atoms with Crippen molar-refractivity contribution >= 4 is 16.9 Å². The second-order valence-corrected chi connectivity index (χ2v) is 5.03. The molecule has 0 amide bonds. The van der Waals surface area contributed by atoms with Crippen molar-refractivity contribution in [1.29, 1.82) is 0 Å². The van der Waals surface area contributed by atoms with Crippen molar-refractivity contribution < 1.29 is 14.3 Å². The van der Waals surface area contributed by atoms with E-state index in [9.17, 15) is 9.59 Å². The van der Waals surface area contributed by atoms with Crippen LogP contribution in [0.3, 0.4) is 0 Å². The lowest BCUT2D eigenvalue weighted by Gasteiger charge is -2.28. The van der Waals surface area contributed by atoms with Crippen molar-refractivity contribution in [2.24, 2.45) is 0 Å². The molecule has 0 bridgehead atoms. The Kier molecular flexibility index (Phi) is 3.41. The molecular formula is C16H17NO4. The molecule has 110 valence electrons. The standard InChI is InChI=1S/C16H17NO4/c1-3-10-9-21-13-7-5-6-11-14(13)17(10)8-12(15(11)18)16(19)20-4-2/h5-8,10H,3-4,9H2,1-2H3. The van der Waals surface area contributed by atoms with Crippen molar-refractivity contribution in [2.75, 3.05) is 13.2 Å². The van der Waals surface area contributed by atoms with E-state index < -0.39 is 5.97 Å². The molecule has 21 heavy (non-hydrogen) atoms. The molecule has 1 aliphatic rings. The Morgan fingerprint density at radius 3 is 2.95 bits per heavy atom. The Morgan fingerprint density at radius 1 is 1.43 bits per heavy atom. The van der Waals surface area contributed by atoms with E-state index in [1.165, 1.54) is 0 Å². The Morgan fingerprint density at radius 2 is 2.24 bits per heavy atom. The van der Waals surface area contributed by atoms with Gasteiger partial charge in [-0.15, -0.1) is 0 Å². The maximum atomic E-state index is 12.5. The average molecular weight is 287 g/mol. The number of benzene rings is 1. The first-order valence-electron chi connectivity index (χ1n) is 7.15. The molecule has 0 spiro atoms. The van der Waals surface area contributed by atoms with Crippen LogP contribution in [0.2, 0.25) is 0 Å². The fourth-order valence-electron chi connectivity index (χ4n) is 2.72. The topological polar surface area (TPSA) is 57.5 Å². The normalized spacial score (nSPS) is 16.6. The molecule has 1 aliphatic heterocycles. The third kappa shape index (κ3) is 2.09. The minimum absolute atomic E-state index is 0.0850. The van der Waals surface area contributed by atoms with Crippen LogP contribution in [0.25, 0.3) is 10.9 Å². The van der Waals surface area contributed by atoms with Crippen molar-refractivity contribution in [1.82, 2.24) is 4.57 Å². The molecule has 1 unspecified atom stereocenters. The summed E-state index contributed by atoms with van der Waals surface area (Å²) in [6.07, 6.45) is 2.47. The molecule has 1 aromatic carbocycles. The fourth-order valence-corrected chi connectivity index (χ4v) is 2.72. The summed E-state index contributed by atoms with van der Waals surface area (Å²) in [5.41, 5.74) is 0.539. The van der Waals surface area contributed by atoms with E-state index in [4.69, 9.17) is 9.47 Å². The number of para-hydroxylation sites is 1. The zero-order chi connectivity index (χ0) is 15.0. The lowest BCUT2D eigenvalue weighted by atomic mass is 10.1. The quantitative estimate of drug-likeness (QED) is 0.814. The van der Waals surface area contributed by atoms with Gasteiger partial charge < -0.3 is 14.0 Å². The van der Waals surface area contributed by atoms with E-state index in [0.29, 0.717) is 17.7 Å². The minimum atomic E-state index is -0.570. The van der Waals surface area contributed by atoms with Gasteiger partial charge in [0.15, 0.2) is 0 Å². The molecule has 2 heterocycles. The smallest absolute Gasteiger partial charge is 0.343 e. The van der Waals surface area contributed by atoms with E-state index >= 15 is 0 Å². The number of carbonyl (C=O) groups excluding carboxylic acids is 1. The highest BCUT2D eigenvalue weighted by molar-refractivity contribution is 5.95. The van der Waals surface area contributed by atoms with Crippen molar-refractivity contribution in [3.8, 4) is 5.75 Å². The van der Waals surface area contributed by atoms with Gasteiger partial charge in [-0.3, -0.25) is 4.79 Å². The van der Waals surface area contributed by atoms with Crippen LogP contribution in [-0.4, -0.2) is 23.8 Å². The van der Waals surface area contributed by atoms with Gasteiger partial charge in [0.05, 0.1) is 23.6 Å². The molecule has 0 saturated heterocycles. The number of hydrogen-bond acceptors (Lipinski definition) is 4. The molecule has 0 N–H and O–H groups in total. The van der Waals surface area contributed by atoms with Crippen LogP contribution in [0.4, 0.5) is 0 Å². The number of ether oxygens (including phenoxy) is 2. The van der Waals surface area contributed by atoms with Gasteiger partial charge in [-0.1, -0.05) is 13.0 Å². The third-order valence-electron chi connectivity index (χ3n) is 3.81. The second-order valence-electron chi connectivity index (χ2n) is 5.03. The summed E-state index contributed by atoms with van der Waals surface area (Å²) in [4.78, 5) is 24.5. The first kappa shape index (κ1) is 13.7. The Labute approximate surface area is 122 Å². The number of pyridine rings is 1. The number of carbonyl (C=O) groups is 1.